The average molecular weight is 435 g/mol. The lowest BCUT2D eigenvalue weighted by molar-refractivity contribution is -0.134. The van der Waals surface area contributed by atoms with E-state index < -0.39 is 5.92 Å². The standard InChI is InChI=1S/C26H27FN2O3/c1-3-13-29(25(21-5-4-12-28-17-21)19-6-9-22(27)10-7-19)26(30)18(2)20-8-11-23-24(16-20)32-15-14-31-23/h4-12,16-18,25H,3,13-15H2,1-2H3. The van der Waals surface area contributed by atoms with Gasteiger partial charge in [0.25, 0.3) is 0 Å². The van der Waals surface area contributed by atoms with Gasteiger partial charge >= 0.3 is 0 Å². The Morgan fingerprint density at radius 1 is 1.03 bits per heavy atom. The fraction of sp³-hybridized carbons (Fsp3) is 0.308. The Kier molecular flexibility index (Phi) is 6.69. The first-order valence-electron chi connectivity index (χ1n) is 10.9. The van der Waals surface area contributed by atoms with Gasteiger partial charge in [0.1, 0.15) is 19.0 Å². The highest BCUT2D eigenvalue weighted by atomic mass is 19.1. The van der Waals surface area contributed by atoms with Crippen LogP contribution in [0.15, 0.2) is 67.0 Å². The zero-order valence-corrected chi connectivity index (χ0v) is 18.3. The van der Waals surface area contributed by atoms with Gasteiger partial charge in [-0.25, -0.2) is 4.39 Å². The Morgan fingerprint density at radius 2 is 1.75 bits per heavy atom. The Balaban J connectivity index is 1.70. The molecule has 2 unspecified atom stereocenters. The highest BCUT2D eigenvalue weighted by Crippen LogP contribution is 2.36. The van der Waals surface area contributed by atoms with Gasteiger partial charge in [-0.2, -0.15) is 0 Å². The van der Waals surface area contributed by atoms with Crippen molar-refractivity contribution >= 4 is 5.91 Å². The number of carbonyl (C=O) groups excluding carboxylic acids is 1. The van der Waals surface area contributed by atoms with Gasteiger partial charge in [-0.3, -0.25) is 9.78 Å². The molecule has 0 fully saturated rings. The fourth-order valence-corrected chi connectivity index (χ4v) is 4.06. The molecule has 3 aromatic rings. The summed E-state index contributed by atoms with van der Waals surface area (Å²) >= 11 is 0. The summed E-state index contributed by atoms with van der Waals surface area (Å²) in [6.45, 7) is 5.52. The molecule has 0 bridgehead atoms. The van der Waals surface area contributed by atoms with Crippen LogP contribution >= 0.6 is 0 Å². The Morgan fingerprint density at radius 3 is 2.44 bits per heavy atom. The van der Waals surface area contributed by atoms with Crippen LogP contribution in [0.2, 0.25) is 0 Å². The van der Waals surface area contributed by atoms with Gasteiger partial charge < -0.3 is 14.4 Å². The van der Waals surface area contributed by atoms with Crippen LogP contribution in [-0.2, 0) is 4.79 Å². The highest BCUT2D eigenvalue weighted by molar-refractivity contribution is 5.84. The van der Waals surface area contributed by atoms with Gasteiger partial charge in [0.2, 0.25) is 5.91 Å². The number of hydrogen-bond donors (Lipinski definition) is 0. The molecule has 0 saturated heterocycles. The second-order valence-corrected chi connectivity index (χ2v) is 7.90. The van der Waals surface area contributed by atoms with Crippen molar-refractivity contribution < 1.29 is 18.7 Å². The molecule has 1 aliphatic rings. The largest absolute Gasteiger partial charge is 0.486 e. The summed E-state index contributed by atoms with van der Waals surface area (Å²) in [5.74, 6) is 0.651. The lowest BCUT2D eigenvalue weighted by Crippen LogP contribution is -2.38. The van der Waals surface area contributed by atoms with Crippen molar-refractivity contribution in [3.63, 3.8) is 0 Å². The fourth-order valence-electron chi connectivity index (χ4n) is 4.06. The number of rotatable bonds is 7. The van der Waals surface area contributed by atoms with Crippen molar-refractivity contribution in [1.82, 2.24) is 9.88 Å². The van der Waals surface area contributed by atoms with E-state index in [1.165, 1.54) is 12.1 Å². The predicted molar refractivity (Wildman–Crippen MR) is 120 cm³/mol. The van der Waals surface area contributed by atoms with Gasteiger partial charge in [-0.15, -0.1) is 0 Å². The SMILES string of the molecule is CCCN(C(=O)C(C)c1ccc2c(c1)OCCO2)C(c1ccc(F)cc1)c1cccnc1. The smallest absolute Gasteiger partial charge is 0.230 e. The zero-order valence-electron chi connectivity index (χ0n) is 18.3. The summed E-state index contributed by atoms with van der Waals surface area (Å²) in [6, 6.07) is 15.4. The highest BCUT2D eigenvalue weighted by Gasteiger charge is 2.31. The van der Waals surface area contributed by atoms with Crippen LogP contribution in [0.1, 0.15) is 48.9 Å². The molecule has 4 rings (SSSR count). The summed E-state index contributed by atoms with van der Waals surface area (Å²) in [6.07, 6.45) is 4.26. The van der Waals surface area contributed by atoms with Gasteiger partial charge in [0.05, 0.1) is 12.0 Å². The summed E-state index contributed by atoms with van der Waals surface area (Å²) in [7, 11) is 0. The topological polar surface area (TPSA) is 51.7 Å². The van der Waals surface area contributed by atoms with Crippen LogP contribution in [-0.4, -0.2) is 35.5 Å². The summed E-state index contributed by atoms with van der Waals surface area (Å²) in [5.41, 5.74) is 2.59. The van der Waals surface area contributed by atoms with E-state index in [0.717, 1.165) is 23.1 Å². The van der Waals surface area contributed by atoms with Crippen molar-refractivity contribution in [3.05, 3.63) is 89.5 Å². The zero-order chi connectivity index (χ0) is 22.5. The maximum atomic E-state index is 13.8. The number of fused-ring (bicyclic) bond motifs is 1. The number of amides is 1. The van der Waals surface area contributed by atoms with E-state index in [1.54, 1.807) is 24.5 Å². The van der Waals surface area contributed by atoms with E-state index in [1.807, 2.05) is 49.1 Å². The normalized spacial score (nSPS) is 14.5. The molecule has 166 valence electrons. The molecule has 0 N–H and O–H groups in total. The number of pyridine rings is 1. The lowest BCUT2D eigenvalue weighted by atomic mass is 9.94. The summed E-state index contributed by atoms with van der Waals surface area (Å²) in [5, 5.41) is 0. The monoisotopic (exact) mass is 434 g/mol. The lowest BCUT2D eigenvalue weighted by Gasteiger charge is -2.34. The number of benzene rings is 2. The van der Waals surface area contributed by atoms with Crippen molar-refractivity contribution in [2.45, 2.75) is 32.2 Å². The van der Waals surface area contributed by atoms with Crippen LogP contribution in [0.4, 0.5) is 4.39 Å². The Labute approximate surface area is 187 Å². The minimum atomic E-state index is -0.392. The molecule has 2 atom stereocenters. The minimum Gasteiger partial charge on any atom is -0.486 e. The molecule has 1 amide bonds. The van der Waals surface area contributed by atoms with Gasteiger partial charge in [-0.05, 0) is 60.4 Å². The molecule has 1 aliphatic heterocycles. The molecule has 0 spiro atoms. The van der Waals surface area contributed by atoms with Crippen LogP contribution in [0.3, 0.4) is 0 Å². The van der Waals surface area contributed by atoms with Crippen LogP contribution in [0.5, 0.6) is 11.5 Å². The molecule has 1 aromatic heterocycles. The number of carbonyl (C=O) groups is 1. The molecule has 2 aromatic carbocycles. The predicted octanol–water partition coefficient (Wildman–Crippen LogP) is 5.12. The van der Waals surface area contributed by atoms with Gasteiger partial charge in [0.15, 0.2) is 11.5 Å². The first kappa shape index (κ1) is 21.8. The molecule has 6 heteroatoms. The molecular formula is C26H27FN2O3. The summed E-state index contributed by atoms with van der Waals surface area (Å²) < 4.78 is 24.9. The second-order valence-electron chi connectivity index (χ2n) is 7.90. The number of ether oxygens (including phenoxy) is 2. The van der Waals surface area contributed by atoms with Crippen LogP contribution < -0.4 is 9.47 Å². The van der Waals surface area contributed by atoms with E-state index in [-0.39, 0.29) is 17.8 Å². The number of halogens is 1. The van der Waals surface area contributed by atoms with E-state index in [4.69, 9.17) is 9.47 Å². The first-order chi connectivity index (χ1) is 15.6. The molecule has 0 radical (unpaired) electrons. The van der Waals surface area contributed by atoms with Crippen molar-refractivity contribution in [2.24, 2.45) is 0 Å². The van der Waals surface area contributed by atoms with E-state index in [2.05, 4.69) is 4.98 Å². The molecule has 0 aliphatic carbocycles. The maximum Gasteiger partial charge on any atom is 0.230 e. The van der Waals surface area contributed by atoms with Crippen molar-refractivity contribution in [3.8, 4) is 11.5 Å². The quantitative estimate of drug-likeness (QED) is 0.518. The number of hydrogen-bond acceptors (Lipinski definition) is 4. The van der Waals surface area contributed by atoms with Gasteiger partial charge in [-0.1, -0.05) is 31.2 Å². The number of aromatic nitrogens is 1. The summed E-state index contributed by atoms with van der Waals surface area (Å²) in [4.78, 5) is 19.9. The molecule has 2 heterocycles. The van der Waals surface area contributed by atoms with Crippen LogP contribution in [0.25, 0.3) is 0 Å². The Bertz CT molecular complexity index is 1060. The van der Waals surface area contributed by atoms with Crippen molar-refractivity contribution in [2.75, 3.05) is 19.8 Å². The first-order valence-corrected chi connectivity index (χ1v) is 10.9. The van der Waals surface area contributed by atoms with Crippen molar-refractivity contribution in [1.29, 1.82) is 0 Å². The minimum absolute atomic E-state index is 0.0123. The third-order valence-electron chi connectivity index (χ3n) is 5.68. The van der Waals surface area contributed by atoms with E-state index in [0.29, 0.717) is 31.3 Å². The molecule has 0 saturated carbocycles. The van der Waals surface area contributed by atoms with Crippen LogP contribution in [0, 0.1) is 5.82 Å². The third-order valence-corrected chi connectivity index (χ3v) is 5.68. The third kappa shape index (κ3) is 4.59. The second kappa shape index (κ2) is 9.81. The number of nitrogens with zero attached hydrogens (tertiary/aromatic N) is 2. The van der Waals surface area contributed by atoms with Gasteiger partial charge in [0, 0.05) is 18.9 Å². The Hall–Kier alpha value is -3.41. The molecular weight excluding hydrogens is 407 g/mol. The molecule has 5 nitrogen and oxygen atoms in total. The molecule has 32 heavy (non-hydrogen) atoms. The van der Waals surface area contributed by atoms with E-state index in [9.17, 15) is 9.18 Å². The van der Waals surface area contributed by atoms with E-state index >= 15 is 0 Å². The maximum absolute atomic E-state index is 13.8. The average Bonchev–Trinajstić information content (AvgIpc) is 2.84.